The molecule has 2 aromatic rings. The summed E-state index contributed by atoms with van der Waals surface area (Å²) in [6.07, 6.45) is 7.37. The summed E-state index contributed by atoms with van der Waals surface area (Å²) in [4.78, 5) is 18.7. The van der Waals surface area contributed by atoms with E-state index in [1.165, 1.54) is 38.5 Å². The number of methoxy groups -OCH3 is 1. The molecule has 1 heterocycles. The van der Waals surface area contributed by atoms with Gasteiger partial charge in [-0.15, -0.1) is 0 Å². The third-order valence-electron chi connectivity index (χ3n) is 5.23. The molecule has 2 amide bonds. The van der Waals surface area contributed by atoms with E-state index in [0.717, 1.165) is 29.5 Å². The van der Waals surface area contributed by atoms with Crippen LogP contribution in [0.4, 0.5) is 15.0 Å². The zero-order valence-corrected chi connectivity index (χ0v) is 16.1. The number of pyridine rings is 1. The van der Waals surface area contributed by atoms with E-state index < -0.39 is 0 Å². The van der Waals surface area contributed by atoms with E-state index in [2.05, 4.69) is 10.3 Å². The van der Waals surface area contributed by atoms with E-state index in [4.69, 9.17) is 4.74 Å². The van der Waals surface area contributed by atoms with Gasteiger partial charge in [-0.25, -0.2) is 14.2 Å². The maximum Gasteiger partial charge on any atom is 0.322 e. The molecule has 0 aliphatic heterocycles. The number of carbonyl (C=O) groups is 1. The molecule has 1 aliphatic carbocycles. The molecule has 0 saturated heterocycles. The van der Waals surface area contributed by atoms with E-state index in [-0.39, 0.29) is 17.9 Å². The molecule has 1 fully saturated rings. The van der Waals surface area contributed by atoms with Gasteiger partial charge >= 0.3 is 6.03 Å². The van der Waals surface area contributed by atoms with Gasteiger partial charge in [0.2, 0.25) is 0 Å². The number of nitrogens with one attached hydrogen (secondary N) is 1. The maximum absolute atomic E-state index is 13.5. The molecule has 1 aromatic carbocycles. The third kappa shape index (κ3) is 4.38. The Labute approximate surface area is 159 Å². The molecule has 0 atom stereocenters. The molecule has 1 N–H and O–H groups in total. The van der Waals surface area contributed by atoms with Crippen molar-refractivity contribution in [3.63, 3.8) is 0 Å². The van der Waals surface area contributed by atoms with Crippen LogP contribution in [-0.2, 0) is 0 Å². The summed E-state index contributed by atoms with van der Waals surface area (Å²) < 4.78 is 18.8. The van der Waals surface area contributed by atoms with Crippen LogP contribution in [-0.4, -0.2) is 36.1 Å². The average molecular weight is 371 g/mol. The molecule has 27 heavy (non-hydrogen) atoms. The predicted molar refractivity (Wildman–Crippen MR) is 105 cm³/mol. The van der Waals surface area contributed by atoms with Crippen molar-refractivity contribution in [3.05, 3.63) is 41.8 Å². The number of benzene rings is 1. The number of aryl methyl sites for hydroxylation is 1. The van der Waals surface area contributed by atoms with Gasteiger partial charge in [0.25, 0.3) is 0 Å². The summed E-state index contributed by atoms with van der Waals surface area (Å²) in [6, 6.07) is 6.35. The van der Waals surface area contributed by atoms with Gasteiger partial charge in [0.15, 0.2) is 0 Å². The zero-order valence-electron chi connectivity index (χ0n) is 16.1. The molecule has 1 aliphatic rings. The van der Waals surface area contributed by atoms with Crippen LogP contribution in [0.1, 0.15) is 37.7 Å². The molecule has 144 valence electrons. The monoisotopic (exact) mass is 371 g/mol. The molecule has 1 saturated carbocycles. The number of amides is 2. The van der Waals surface area contributed by atoms with Crippen molar-refractivity contribution in [2.24, 2.45) is 0 Å². The number of halogens is 1. The van der Waals surface area contributed by atoms with Crippen molar-refractivity contribution in [1.29, 1.82) is 0 Å². The highest BCUT2D eigenvalue weighted by atomic mass is 19.1. The van der Waals surface area contributed by atoms with Gasteiger partial charge in [-0.3, -0.25) is 5.32 Å². The molecule has 0 bridgehead atoms. The van der Waals surface area contributed by atoms with Gasteiger partial charge in [0.05, 0.1) is 7.11 Å². The van der Waals surface area contributed by atoms with Gasteiger partial charge in [-0.1, -0.05) is 19.3 Å². The maximum atomic E-state index is 13.5. The largest absolute Gasteiger partial charge is 0.496 e. The second-order valence-corrected chi connectivity index (χ2v) is 7.06. The Morgan fingerprint density at radius 3 is 2.67 bits per heavy atom. The summed E-state index contributed by atoms with van der Waals surface area (Å²) in [5.74, 6) is 0.556. The number of hydrogen-bond donors (Lipinski definition) is 1. The zero-order chi connectivity index (χ0) is 19.4. The fraction of sp³-hybridized carbons (Fsp3) is 0.429. The molecule has 3 rings (SSSR count). The van der Waals surface area contributed by atoms with Crippen LogP contribution >= 0.6 is 0 Å². The number of ether oxygens (including phenoxy) is 1. The van der Waals surface area contributed by atoms with Crippen molar-refractivity contribution in [2.45, 2.75) is 45.1 Å². The number of rotatable bonds is 4. The van der Waals surface area contributed by atoms with Crippen molar-refractivity contribution < 1.29 is 13.9 Å². The number of anilines is 1. The van der Waals surface area contributed by atoms with E-state index in [1.54, 1.807) is 23.2 Å². The summed E-state index contributed by atoms with van der Waals surface area (Å²) in [5, 5.41) is 2.89. The normalized spacial score (nSPS) is 14.7. The molecule has 0 radical (unpaired) electrons. The van der Waals surface area contributed by atoms with E-state index >= 15 is 0 Å². The minimum atomic E-state index is -0.357. The molecular weight excluding hydrogens is 345 g/mol. The minimum absolute atomic E-state index is 0.157. The molecule has 1 aromatic heterocycles. The summed E-state index contributed by atoms with van der Waals surface area (Å²) in [6.45, 7) is 1.92. The topological polar surface area (TPSA) is 54.5 Å². The fourth-order valence-corrected chi connectivity index (χ4v) is 3.60. The summed E-state index contributed by atoms with van der Waals surface area (Å²) in [5.41, 5.74) is 2.52. The molecule has 0 unspecified atom stereocenters. The Morgan fingerprint density at radius 2 is 1.96 bits per heavy atom. The lowest BCUT2D eigenvalue weighted by atomic mass is 9.95. The molecule has 5 nitrogen and oxygen atoms in total. The Bertz CT molecular complexity index is 819. The van der Waals surface area contributed by atoms with Crippen LogP contribution in [0.15, 0.2) is 30.5 Å². The predicted octanol–water partition coefficient (Wildman–Crippen LogP) is 5.00. The lowest BCUT2D eigenvalue weighted by molar-refractivity contribution is 0.186. The first-order chi connectivity index (χ1) is 13.0. The second kappa shape index (κ2) is 8.37. The van der Waals surface area contributed by atoms with Crippen LogP contribution in [0.25, 0.3) is 11.1 Å². The van der Waals surface area contributed by atoms with Crippen molar-refractivity contribution in [2.75, 3.05) is 19.5 Å². The number of hydrogen-bond acceptors (Lipinski definition) is 3. The highest BCUT2D eigenvalue weighted by molar-refractivity contribution is 5.89. The van der Waals surface area contributed by atoms with Gasteiger partial charge in [-0.05, 0) is 49.1 Å². The Morgan fingerprint density at radius 1 is 1.22 bits per heavy atom. The van der Waals surface area contributed by atoms with Crippen LogP contribution in [0.2, 0.25) is 0 Å². The lowest BCUT2D eigenvalue weighted by Gasteiger charge is -2.31. The third-order valence-corrected chi connectivity index (χ3v) is 5.23. The quantitative estimate of drug-likeness (QED) is 0.823. The van der Waals surface area contributed by atoms with Gasteiger partial charge in [0.1, 0.15) is 17.4 Å². The molecule has 6 heteroatoms. The minimum Gasteiger partial charge on any atom is -0.496 e. The van der Waals surface area contributed by atoms with Gasteiger partial charge < -0.3 is 9.64 Å². The van der Waals surface area contributed by atoms with Crippen molar-refractivity contribution in [1.82, 2.24) is 9.88 Å². The van der Waals surface area contributed by atoms with Gasteiger partial charge in [-0.2, -0.15) is 0 Å². The second-order valence-electron chi connectivity index (χ2n) is 7.06. The highest BCUT2D eigenvalue weighted by Crippen LogP contribution is 2.33. The first-order valence-electron chi connectivity index (χ1n) is 9.34. The number of urea groups is 1. The Kier molecular flexibility index (Phi) is 5.94. The fourth-order valence-electron chi connectivity index (χ4n) is 3.60. The Balaban J connectivity index is 1.82. The standard InChI is InChI=1S/C21H26FN3O2/c1-14-13-23-20(24-21(26)25(2)16-7-5-4-6-8-16)12-18(14)17-10-9-15(22)11-19(17)27-3/h9-13,16H,4-8H2,1-3H3,(H,23,24,26). The van der Waals surface area contributed by atoms with E-state index in [1.807, 2.05) is 14.0 Å². The van der Waals surface area contributed by atoms with Crippen LogP contribution < -0.4 is 10.1 Å². The van der Waals surface area contributed by atoms with Crippen LogP contribution in [0, 0.1) is 12.7 Å². The smallest absolute Gasteiger partial charge is 0.322 e. The number of nitrogens with zero attached hydrogens (tertiary/aromatic N) is 2. The van der Waals surface area contributed by atoms with Gasteiger partial charge in [0, 0.05) is 30.9 Å². The lowest BCUT2D eigenvalue weighted by Crippen LogP contribution is -2.41. The van der Waals surface area contributed by atoms with Crippen molar-refractivity contribution in [3.8, 4) is 16.9 Å². The number of aromatic nitrogens is 1. The van der Waals surface area contributed by atoms with Crippen molar-refractivity contribution >= 4 is 11.8 Å². The summed E-state index contributed by atoms with van der Waals surface area (Å²) >= 11 is 0. The van der Waals surface area contributed by atoms with Crippen LogP contribution in [0.3, 0.4) is 0 Å². The average Bonchev–Trinajstić information content (AvgIpc) is 2.69. The Hall–Kier alpha value is -2.63. The number of carbonyl (C=O) groups excluding carboxylic acids is 1. The van der Waals surface area contributed by atoms with E-state index in [0.29, 0.717) is 11.6 Å². The van der Waals surface area contributed by atoms with Crippen LogP contribution in [0.5, 0.6) is 5.75 Å². The van der Waals surface area contributed by atoms with E-state index in [9.17, 15) is 9.18 Å². The molecule has 0 spiro atoms. The first kappa shape index (κ1) is 19.1. The SMILES string of the molecule is COc1cc(F)ccc1-c1cc(NC(=O)N(C)C2CCCCC2)ncc1C. The molecular formula is C21H26FN3O2. The highest BCUT2D eigenvalue weighted by Gasteiger charge is 2.22. The summed E-state index contributed by atoms with van der Waals surface area (Å²) in [7, 11) is 3.35. The first-order valence-corrected chi connectivity index (χ1v) is 9.34.